The zero-order valence-corrected chi connectivity index (χ0v) is 9.46. The highest BCUT2D eigenvalue weighted by Gasteiger charge is 2.41. The van der Waals surface area contributed by atoms with Gasteiger partial charge in [-0.1, -0.05) is 18.2 Å². The lowest BCUT2D eigenvalue weighted by Crippen LogP contribution is -2.52. The van der Waals surface area contributed by atoms with Gasteiger partial charge in [0.15, 0.2) is 0 Å². The molecular formula is C13H20N+. The van der Waals surface area contributed by atoms with E-state index in [1.165, 1.54) is 24.0 Å². The number of quaternary nitrogens is 1. The maximum absolute atomic E-state index is 2.38. The van der Waals surface area contributed by atoms with Gasteiger partial charge in [-0.25, -0.2) is 0 Å². The third-order valence-corrected chi connectivity index (χ3v) is 3.96. The van der Waals surface area contributed by atoms with Crippen molar-refractivity contribution in [1.29, 1.82) is 0 Å². The highest BCUT2D eigenvalue weighted by Crippen LogP contribution is 2.38. The van der Waals surface area contributed by atoms with Crippen molar-refractivity contribution in [2.75, 3.05) is 13.1 Å². The Balaban J connectivity index is 2.53. The molecule has 0 fully saturated rings. The third-order valence-electron chi connectivity index (χ3n) is 3.96. The Morgan fingerprint density at radius 1 is 1.21 bits per heavy atom. The molecule has 0 aliphatic carbocycles. The molecular weight excluding hydrogens is 170 g/mol. The van der Waals surface area contributed by atoms with Gasteiger partial charge in [0.2, 0.25) is 0 Å². The zero-order chi connectivity index (χ0) is 10.2. The van der Waals surface area contributed by atoms with Crippen LogP contribution in [0.4, 0.5) is 5.69 Å². The highest BCUT2D eigenvalue weighted by atomic mass is 15.4. The fourth-order valence-corrected chi connectivity index (χ4v) is 3.04. The molecule has 1 heterocycles. The van der Waals surface area contributed by atoms with Gasteiger partial charge in [0.05, 0.1) is 19.1 Å². The monoisotopic (exact) mass is 190 g/mol. The molecule has 0 N–H and O–H groups in total. The van der Waals surface area contributed by atoms with E-state index in [1.54, 1.807) is 11.3 Å². The Hall–Kier alpha value is -0.820. The Morgan fingerprint density at radius 2 is 1.86 bits per heavy atom. The number of nitrogens with zero attached hydrogens (tertiary/aromatic N) is 1. The first-order valence-electron chi connectivity index (χ1n) is 5.69. The smallest absolute Gasteiger partial charge is 0.136 e. The van der Waals surface area contributed by atoms with Crippen LogP contribution in [0, 0.1) is 0 Å². The number of benzene rings is 1. The molecule has 1 atom stereocenters. The Labute approximate surface area is 86.9 Å². The second-order valence-electron chi connectivity index (χ2n) is 4.35. The molecule has 0 bridgehead atoms. The van der Waals surface area contributed by atoms with Crippen LogP contribution in [-0.4, -0.2) is 19.1 Å². The molecule has 1 nitrogen and oxygen atoms in total. The van der Waals surface area contributed by atoms with E-state index < -0.39 is 0 Å². The molecule has 1 aromatic rings. The number of rotatable bonds is 2. The molecule has 0 amide bonds. The first-order chi connectivity index (χ1) is 6.74. The molecule has 1 unspecified atom stereocenters. The molecule has 0 radical (unpaired) electrons. The minimum Gasteiger partial charge on any atom is -0.289 e. The molecule has 1 aliphatic heterocycles. The lowest BCUT2D eigenvalue weighted by atomic mass is 10.1. The van der Waals surface area contributed by atoms with Crippen LogP contribution in [0.5, 0.6) is 0 Å². The van der Waals surface area contributed by atoms with E-state index in [9.17, 15) is 0 Å². The van der Waals surface area contributed by atoms with E-state index in [2.05, 4.69) is 45.0 Å². The van der Waals surface area contributed by atoms with Crippen LogP contribution in [0.15, 0.2) is 24.3 Å². The standard InChI is InChI=1S/C13H20N/c1-4-14(5-2)11(3)10-12-8-6-7-9-13(12)14/h6-9,11H,4-5,10H2,1-3H3/q+1. The maximum Gasteiger partial charge on any atom is 0.136 e. The number of fused-ring (bicyclic) bond motifs is 1. The van der Waals surface area contributed by atoms with Gasteiger partial charge in [-0.2, -0.15) is 0 Å². The Kier molecular flexibility index (Phi) is 2.36. The molecule has 1 heteroatoms. The molecule has 0 aromatic heterocycles. The largest absolute Gasteiger partial charge is 0.289 e. The zero-order valence-electron chi connectivity index (χ0n) is 9.46. The maximum atomic E-state index is 2.38. The van der Waals surface area contributed by atoms with Gasteiger partial charge in [0.25, 0.3) is 0 Å². The summed E-state index contributed by atoms with van der Waals surface area (Å²) in [6.07, 6.45) is 1.25. The molecule has 1 aliphatic rings. The summed E-state index contributed by atoms with van der Waals surface area (Å²) in [7, 11) is 0. The summed E-state index contributed by atoms with van der Waals surface area (Å²) in [5.74, 6) is 0. The SMILES string of the molecule is CC[N+]1(CC)c2ccccc2CC1C. The number of likely N-dealkylation sites (N-methyl/N-ethyl adjacent to an activating group) is 1. The molecule has 76 valence electrons. The van der Waals surface area contributed by atoms with Gasteiger partial charge in [-0.3, -0.25) is 4.48 Å². The van der Waals surface area contributed by atoms with Gasteiger partial charge in [-0.05, 0) is 26.8 Å². The average Bonchev–Trinajstić information content (AvgIpc) is 2.50. The van der Waals surface area contributed by atoms with Gasteiger partial charge in [0, 0.05) is 12.0 Å². The number of hydrogen-bond donors (Lipinski definition) is 0. The normalized spacial score (nSPS) is 23.5. The summed E-state index contributed by atoms with van der Waals surface area (Å²) in [6, 6.07) is 9.69. The molecule has 0 saturated carbocycles. The first-order valence-corrected chi connectivity index (χ1v) is 5.69. The van der Waals surface area contributed by atoms with Crippen LogP contribution < -0.4 is 4.48 Å². The van der Waals surface area contributed by atoms with Crippen molar-refractivity contribution in [3.05, 3.63) is 29.8 Å². The first kappa shape index (κ1) is 9.72. The fraction of sp³-hybridized carbons (Fsp3) is 0.538. The van der Waals surface area contributed by atoms with Crippen molar-refractivity contribution in [3.63, 3.8) is 0 Å². The van der Waals surface area contributed by atoms with E-state index in [0.717, 1.165) is 6.04 Å². The predicted octanol–water partition coefficient (Wildman–Crippen LogP) is 2.98. The van der Waals surface area contributed by atoms with Crippen LogP contribution in [-0.2, 0) is 6.42 Å². The summed E-state index contributed by atoms with van der Waals surface area (Å²) in [5.41, 5.74) is 3.12. The predicted molar refractivity (Wildman–Crippen MR) is 62.5 cm³/mol. The van der Waals surface area contributed by atoms with Crippen molar-refractivity contribution in [2.45, 2.75) is 33.2 Å². The fourth-order valence-electron chi connectivity index (χ4n) is 3.04. The van der Waals surface area contributed by atoms with Crippen molar-refractivity contribution < 1.29 is 0 Å². The van der Waals surface area contributed by atoms with Crippen LogP contribution in [0.1, 0.15) is 26.3 Å². The van der Waals surface area contributed by atoms with Crippen LogP contribution >= 0.6 is 0 Å². The summed E-state index contributed by atoms with van der Waals surface area (Å²) < 4.78 is 1.18. The minimum atomic E-state index is 0.752. The minimum absolute atomic E-state index is 0.752. The van der Waals surface area contributed by atoms with E-state index in [4.69, 9.17) is 0 Å². The second-order valence-corrected chi connectivity index (χ2v) is 4.35. The summed E-state index contributed by atoms with van der Waals surface area (Å²) in [6.45, 7) is 9.43. The summed E-state index contributed by atoms with van der Waals surface area (Å²) in [4.78, 5) is 0. The van der Waals surface area contributed by atoms with Gasteiger partial charge >= 0.3 is 0 Å². The van der Waals surface area contributed by atoms with E-state index in [1.807, 2.05) is 0 Å². The van der Waals surface area contributed by atoms with Crippen molar-refractivity contribution in [1.82, 2.24) is 4.48 Å². The number of para-hydroxylation sites is 1. The average molecular weight is 190 g/mol. The molecule has 14 heavy (non-hydrogen) atoms. The quantitative estimate of drug-likeness (QED) is 0.629. The summed E-state index contributed by atoms with van der Waals surface area (Å²) >= 11 is 0. The van der Waals surface area contributed by atoms with Crippen molar-refractivity contribution >= 4 is 5.69 Å². The highest BCUT2D eigenvalue weighted by molar-refractivity contribution is 5.55. The van der Waals surface area contributed by atoms with Crippen molar-refractivity contribution in [3.8, 4) is 0 Å². The van der Waals surface area contributed by atoms with Gasteiger partial charge < -0.3 is 0 Å². The second kappa shape index (κ2) is 3.39. The van der Waals surface area contributed by atoms with Crippen LogP contribution in [0.3, 0.4) is 0 Å². The molecule has 0 spiro atoms. The Bertz CT molecular complexity index is 326. The van der Waals surface area contributed by atoms with E-state index >= 15 is 0 Å². The van der Waals surface area contributed by atoms with Crippen LogP contribution in [0.2, 0.25) is 0 Å². The van der Waals surface area contributed by atoms with E-state index in [-0.39, 0.29) is 0 Å². The third kappa shape index (κ3) is 1.12. The van der Waals surface area contributed by atoms with Gasteiger partial charge in [0.1, 0.15) is 5.69 Å². The van der Waals surface area contributed by atoms with Crippen molar-refractivity contribution in [2.24, 2.45) is 0 Å². The van der Waals surface area contributed by atoms with Gasteiger partial charge in [-0.15, -0.1) is 0 Å². The number of hydrogen-bond acceptors (Lipinski definition) is 0. The van der Waals surface area contributed by atoms with Crippen LogP contribution in [0.25, 0.3) is 0 Å². The van der Waals surface area contributed by atoms with E-state index in [0.29, 0.717) is 0 Å². The topological polar surface area (TPSA) is 0 Å². The Morgan fingerprint density at radius 3 is 2.50 bits per heavy atom. The summed E-state index contributed by atoms with van der Waals surface area (Å²) in [5, 5.41) is 0. The lowest BCUT2D eigenvalue weighted by molar-refractivity contribution is 0.253. The molecule has 2 rings (SSSR count). The molecule has 1 aromatic carbocycles. The lowest BCUT2D eigenvalue weighted by Gasteiger charge is -2.37. The molecule has 0 saturated heterocycles.